The van der Waals surface area contributed by atoms with Crippen molar-refractivity contribution in [1.29, 1.82) is 0 Å². The summed E-state index contributed by atoms with van der Waals surface area (Å²) in [5, 5.41) is 3.61. The molecule has 0 radical (unpaired) electrons. The van der Waals surface area contributed by atoms with Gasteiger partial charge in [-0.1, -0.05) is 32.0 Å². The van der Waals surface area contributed by atoms with Gasteiger partial charge in [0.05, 0.1) is 6.61 Å². The second kappa shape index (κ2) is 5.74. The molecule has 3 rings (SSSR count). The van der Waals surface area contributed by atoms with Crippen LogP contribution >= 0.6 is 0 Å². The number of piperazine rings is 1. The van der Waals surface area contributed by atoms with E-state index in [1.165, 1.54) is 5.56 Å². The third-order valence-corrected chi connectivity index (χ3v) is 4.68. The smallest absolute Gasteiger partial charge is 0.122 e. The number of fused-ring (bicyclic) bond motifs is 1. The van der Waals surface area contributed by atoms with Crippen molar-refractivity contribution in [3.8, 4) is 5.75 Å². The number of nitrogens with zero attached hydrogens (tertiary/aromatic N) is 1. The van der Waals surface area contributed by atoms with E-state index in [0.29, 0.717) is 23.9 Å². The summed E-state index contributed by atoms with van der Waals surface area (Å²) in [5.41, 5.74) is 1.39. The minimum atomic E-state index is 0.526. The fourth-order valence-corrected chi connectivity index (χ4v) is 3.53. The van der Waals surface area contributed by atoms with Gasteiger partial charge in [-0.2, -0.15) is 0 Å². The number of nitrogens with one attached hydrogen (secondary N) is 1. The average molecular weight is 274 g/mol. The van der Waals surface area contributed by atoms with Crippen LogP contribution in [0.5, 0.6) is 5.75 Å². The number of para-hydroxylation sites is 1. The first-order valence-electron chi connectivity index (χ1n) is 7.84. The lowest BCUT2D eigenvalue weighted by Gasteiger charge is -2.42. The zero-order chi connectivity index (χ0) is 14.1. The normalized spacial score (nSPS) is 30.3. The van der Waals surface area contributed by atoms with Crippen LogP contribution < -0.4 is 10.1 Å². The fraction of sp³-hybridized carbons (Fsp3) is 0.647. The average Bonchev–Trinajstić information content (AvgIpc) is 2.82. The summed E-state index contributed by atoms with van der Waals surface area (Å²) in [5.74, 6) is 2.30. The molecule has 0 bridgehead atoms. The van der Waals surface area contributed by atoms with Crippen LogP contribution in [0.1, 0.15) is 32.3 Å². The molecule has 3 unspecified atom stereocenters. The van der Waals surface area contributed by atoms with Gasteiger partial charge in [-0.25, -0.2) is 0 Å². The van der Waals surface area contributed by atoms with Crippen molar-refractivity contribution < 1.29 is 4.74 Å². The Labute approximate surface area is 122 Å². The predicted octanol–water partition coefficient (Wildman–Crippen LogP) is 2.48. The van der Waals surface area contributed by atoms with Crippen LogP contribution in [0, 0.1) is 5.92 Å². The SMILES string of the molecule is CC1CN(CC2COc3ccccc32)C(C(C)C)CN1. The maximum absolute atomic E-state index is 5.83. The van der Waals surface area contributed by atoms with Crippen molar-refractivity contribution in [2.75, 3.05) is 26.2 Å². The highest BCUT2D eigenvalue weighted by Gasteiger charge is 2.32. The topological polar surface area (TPSA) is 24.5 Å². The number of benzene rings is 1. The highest BCUT2D eigenvalue weighted by molar-refractivity contribution is 5.39. The molecule has 20 heavy (non-hydrogen) atoms. The van der Waals surface area contributed by atoms with E-state index in [4.69, 9.17) is 4.74 Å². The molecule has 2 aliphatic rings. The molecule has 0 saturated carbocycles. The van der Waals surface area contributed by atoms with Gasteiger partial charge in [-0.15, -0.1) is 0 Å². The van der Waals surface area contributed by atoms with Gasteiger partial charge in [0.1, 0.15) is 5.75 Å². The van der Waals surface area contributed by atoms with Crippen molar-refractivity contribution >= 4 is 0 Å². The van der Waals surface area contributed by atoms with Gasteiger partial charge < -0.3 is 10.1 Å². The molecule has 0 spiro atoms. The monoisotopic (exact) mass is 274 g/mol. The Hall–Kier alpha value is -1.06. The highest BCUT2D eigenvalue weighted by atomic mass is 16.5. The second-order valence-corrected chi connectivity index (χ2v) is 6.62. The lowest BCUT2D eigenvalue weighted by atomic mass is 9.95. The second-order valence-electron chi connectivity index (χ2n) is 6.62. The molecule has 3 nitrogen and oxygen atoms in total. The molecule has 0 aliphatic carbocycles. The molecule has 1 aromatic carbocycles. The summed E-state index contributed by atoms with van der Waals surface area (Å²) in [6.07, 6.45) is 0. The van der Waals surface area contributed by atoms with Crippen LogP contribution in [-0.2, 0) is 0 Å². The quantitative estimate of drug-likeness (QED) is 0.916. The Morgan fingerprint density at radius 2 is 2.15 bits per heavy atom. The summed E-state index contributed by atoms with van der Waals surface area (Å²) >= 11 is 0. The van der Waals surface area contributed by atoms with Crippen molar-refractivity contribution in [2.45, 2.75) is 38.8 Å². The van der Waals surface area contributed by atoms with Crippen LogP contribution in [0.2, 0.25) is 0 Å². The maximum atomic E-state index is 5.83. The van der Waals surface area contributed by atoms with E-state index in [9.17, 15) is 0 Å². The summed E-state index contributed by atoms with van der Waals surface area (Å²) in [6, 6.07) is 9.73. The van der Waals surface area contributed by atoms with Crippen LogP contribution in [0.15, 0.2) is 24.3 Å². The molecule has 2 heterocycles. The summed E-state index contributed by atoms with van der Waals surface area (Å²) in [4.78, 5) is 2.67. The molecule has 1 N–H and O–H groups in total. The summed E-state index contributed by atoms with van der Waals surface area (Å²) < 4.78 is 5.83. The van der Waals surface area contributed by atoms with Gasteiger partial charge in [-0.3, -0.25) is 4.90 Å². The molecule has 3 atom stereocenters. The Kier molecular flexibility index (Phi) is 3.99. The zero-order valence-corrected chi connectivity index (χ0v) is 12.8. The maximum Gasteiger partial charge on any atom is 0.122 e. The molecule has 2 aliphatic heterocycles. The van der Waals surface area contributed by atoms with Crippen molar-refractivity contribution in [1.82, 2.24) is 10.2 Å². The van der Waals surface area contributed by atoms with Crippen LogP contribution in [0.4, 0.5) is 0 Å². The molecule has 0 amide bonds. The van der Waals surface area contributed by atoms with Crippen molar-refractivity contribution in [3.63, 3.8) is 0 Å². The van der Waals surface area contributed by atoms with Crippen LogP contribution in [0.3, 0.4) is 0 Å². The van der Waals surface area contributed by atoms with Gasteiger partial charge in [0.25, 0.3) is 0 Å². The highest BCUT2D eigenvalue weighted by Crippen LogP contribution is 2.34. The minimum absolute atomic E-state index is 0.526. The largest absolute Gasteiger partial charge is 0.493 e. The third-order valence-electron chi connectivity index (χ3n) is 4.68. The summed E-state index contributed by atoms with van der Waals surface area (Å²) in [7, 11) is 0. The number of rotatable bonds is 3. The van der Waals surface area contributed by atoms with E-state index in [2.05, 4.69) is 55.3 Å². The first-order valence-corrected chi connectivity index (χ1v) is 7.84. The molecule has 1 fully saturated rings. The Bertz CT molecular complexity index is 460. The van der Waals surface area contributed by atoms with Gasteiger partial charge >= 0.3 is 0 Å². The van der Waals surface area contributed by atoms with Gasteiger partial charge in [0.15, 0.2) is 0 Å². The molecular formula is C17H26N2O. The van der Waals surface area contributed by atoms with Gasteiger partial charge in [0, 0.05) is 43.2 Å². The van der Waals surface area contributed by atoms with E-state index in [1.54, 1.807) is 0 Å². The van der Waals surface area contributed by atoms with Crippen molar-refractivity contribution in [2.24, 2.45) is 5.92 Å². The van der Waals surface area contributed by atoms with Crippen molar-refractivity contribution in [3.05, 3.63) is 29.8 Å². The van der Waals surface area contributed by atoms with Gasteiger partial charge in [0.2, 0.25) is 0 Å². The molecule has 3 heteroatoms. The predicted molar refractivity (Wildman–Crippen MR) is 82.3 cm³/mol. The first-order chi connectivity index (χ1) is 9.65. The summed E-state index contributed by atoms with van der Waals surface area (Å²) in [6.45, 7) is 11.1. The Balaban J connectivity index is 1.73. The van der Waals surface area contributed by atoms with Gasteiger partial charge in [-0.05, 0) is 18.9 Å². The van der Waals surface area contributed by atoms with E-state index in [1.807, 2.05) is 0 Å². The van der Waals surface area contributed by atoms with E-state index in [-0.39, 0.29) is 0 Å². The molecule has 110 valence electrons. The van der Waals surface area contributed by atoms with E-state index < -0.39 is 0 Å². The number of hydrogen-bond acceptors (Lipinski definition) is 3. The fourth-order valence-electron chi connectivity index (χ4n) is 3.53. The zero-order valence-electron chi connectivity index (χ0n) is 12.8. The van der Waals surface area contributed by atoms with E-state index in [0.717, 1.165) is 32.0 Å². The lowest BCUT2D eigenvalue weighted by molar-refractivity contribution is 0.0925. The minimum Gasteiger partial charge on any atom is -0.493 e. The Morgan fingerprint density at radius 1 is 1.35 bits per heavy atom. The third kappa shape index (κ3) is 2.70. The molecule has 1 aromatic rings. The lowest BCUT2D eigenvalue weighted by Crippen LogP contribution is -2.58. The number of ether oxygens (including phenoxy) is 1. The number of hydrogen-bond donors (Lipinski definition) is 1. The molecule has 1 saturated heterocycles. The molecular weight excluding hydrogens is 248 g/mol. The van der Waals surface area contributed by atoms with E-state index >= 15 is 0 Å². The Morgan fingerprint density at radius 3 is 2.95 bits per heavy atom. The van der Waals surface area contributed by atoms with Crippen LogP contribution in [-0.4, -0.2) is 43.2 Å². The first kappa shape index (κ1) is 13.9. The standard InChI is InChI=1S/C17H26N2O/c1-12(2)16-8-18-13(3)9-19(16)10-14-11-20-17-7-5-4-6-15(14)17/h4-7,12-14,16,18H,8-11H2,1-3H3. The molecule has 0 aromatic heterocycles. The van der Waals surface area contributed by atoms with Crippen LogP contribution in [0.25, 0.3) is 0 Å².